The predicted octanol–water partition coefficient (Wildman–Crippen LogP) is 5.97. The molecule has 0 aliphatic carbocycles. The fraction of sp³-hybridized carbons (Fsp3) is 0.276. The molecule has 3 N–H and O–H groups in total. The molecule has 5 rings (SSSR count). The van der Waals surface area contributed by atoms with E-state index < -0.39 is 6.09 Å². The van der Waals surface area contributed by atoms with Gasteiger partial charge < -0.3 is 24.9 Å². The fourth-order valence-electron chi connectivity index (χ4n) is 4.80. The number of nitrogens with zero attached hydrogens (tertiary/aromatic N) is 1. The number of aliphatic hydroxyl groups is 1. The number of carbonyl (C=O) groups is 1. The van der Waals surface area contributed by atoms with Crippen LogP contribution < -0.4 is 14.8 Å². The fourth-order valence-corrected chi connectivity index (χ4v) is 5.10. The van der Waals surface area contributed by atoms with Crippen LogP contribution in [0.3, 0.4) is 0 Å². The number of carbonyl (C=O) groups excluding carboxylic acids is 1. The monoisotopic (exact) mass is 553 g/mol. The summed E-state index contributed by atoms with van der Waals surface area (Å²) in [7, 11) is 0. The summed E-state index contributed by atoms with van der Waals surface area (Å²) < 4.78 is 11.6. The molecule has 0 spiro atoms. The van der Waals surface area contributed by atoms with Gasteiger partial charge >= 0.3 is 6.09 Å². The summed E-state index contributed by atoms with van der Waals surface area (Å²) >= 11 is 12.3. The van der Waals surface area contributed by atoms with Gasteiger partial charge in [0.25, 0.3) is 0 Å². The number of aromatic amines is 1. The number of halogens is 2. The van der Waals surface area contributed by atoms with E-state index in [4.69, 9.17) is 37.8 Å². The van der Waals surface area contributed by atoms with E-state index in [0.29, 0.717) is 41.9 Å². The van der Waals surface area contributed by atoms with Crippen LogP contribution in [0.2, 0.25) is 10.0 Å². The van der Waals surface area contributed by atoms with Gasteiger partial charge in [-0.1, -0.05) is 35.3 Å². The minimum atomic E-state index is -0.435. The van der Waals surface area contributed by atoms with Gasteiger partial charge in [-0.2, -0.15) is 0 Å². The molecule has 198 valence electrons. The van der Waals surface area contributed by atoms with Crippen molar-refractivity contribution in [1.29, 1.82) is 0 Å². The van der Waals surface area contributed by atoms with Crippen molar-refractivity contribution in [2.24, 2.45) is 0 Å². The second kappa shape index (κ2) is 12.1. The van der Waals surface area contributed by atoms with E-state index in [9.17, 15) is 4.79 Å². The molecule has 1 amide bonds. The molecule has 2 heterocycles. The third kappa shape index (κ3) is 5.92. The average Bonchev–Trinajstić information content (AvgIpc) is 3.29. The zero-order valence-corrected chi connectivity index (χ0v) is 22.3. The van der Waals surface area contributed by atoms with Crippen molar-refractivity contribution in [3.63, 3.8) is 0 Å². The van der Waals surface area contributed by atoms with Crippen molar-refractivity contribution in [1.82, 2.24) is 15.2 Å². The van der Waals surface area contributed by atoms with Gasteiger partial charge in [0.1, 0.15) is 17.5 Å². The first-order chi connectivity index (χ1) is 18.5. The van der Waals surface area contributed by atoms with E-state index in [0.717, 1.165) is 46.4 Å². The maximum atomic E-state index is 13.4. The van der Waals surface area contributed by atoms with Gasteiger partial charge in [-0.3, -0.25) is 4.90 Å². The second-order valence-corrected chi connectivity index (χ2v) is 9.99. The van der Waals surface area contributed by atoms with E-state index >= 15 is 0 Å². The van der Waals surface area contributed by atoms with Crippen molar-refractivity contribution < 1.29 is 19.4 Å². The molecule has 0 fully saturated rings. The molecule has 1 aromatic heterocycles. The molecule has 0 bridgehead atoms. The third-order valence-electron chi connectivity index (χ3n) is 6.59. The Kier molecular flexibility index (Phi) is 8.39. The highest BCUT2D eigenvalue weighted by Gasteiger charge is 2.35. The van der Waals surface area contributed by atoms with Gasteiger partial charge in [0.2, 0.25) is 0 Å². The Labute approximate surface area is 231 Å². The number of ether oxygens (including phenoxy) is 2. The summed E-state index contributed by atoms with van der Waals surface area (Å²) in [6, 6.07) is 20.0. The van der Waals surface area contributed by atoms with Crippen molar-refractivity contribution in [2.75, 3.05) is 32.8 Å². The molecular weight excluding hydrogens is 525 g/mol. The van der Waals surface area contributed by atoms with Crippen LogP contribution in [-0.4, -0.2) is 53.9 Å². The number of aliphatic hydroxyl groups excluding tert-OH is 1. The molecule has 0 unspecified atom stereocenters. The Morgan fingerprint density at radius 2 is 1.74 bits per heavy atom. The second-order valence-electron chi connectivity index (χ2n) is 9.12. The maximum Gasteiger partial charge on any atom is 0.416 e. The van der Waals surface area contributed by atoms with Gasteiger partial charge in [0.15, 0.2) is 0 Å². The number of aromatic nitrogens is 1. The summed E-state index contributed by atoms with van der Waals surface area (Å²) in [6.45, 7) is 2.53. The topological polar surface area (TPSA) is 86.8 Å². The van der Waals surface area contributed by atoms with Crippen LogP contribution in [0.4, 0.5) is 4.79 Å². The Balaban J connectivity index is 1.41. The number of rotatable bonds is 9. The summed E-state index contributed by atoms with van der Waals surface area (Å²) in [5.74, 6) is 1.19. The van der Waals surface area contributed by atoms with Crippen molar-refractivity contribution >= 4 is 40.2 Å². The Bertz CT molecular complexity index is 1390. The highest BCUT2D eigenvalue weighted by Crippen LogP contribution is 2.40. The lowest BCUT2D eigenvalue weighted by Gasteiger charge is -2.35. The Hall–Kier alpha value is -3.23. The molecule has 1 aliphatic heterocycles. The van der Waals surface area contributed by atoms with Crippen LogP contribution in [0.15, 0.2) is 66.7 Å². The molecule has 9 heteroatoms. The van der Waals surface area contributed by atoms with Gasteiger partial charge in [0.05, 0.1) is 13.2 Å². The molecule has 0 saturated carbocycles. The maximum absolute atomic E-state index is 13.4. The number of hydrogen-bond acceptors (Lipinski definition) is 5. The highest BCUT2D eigenvalue weighted by molar-refractivity contribution is 6.31. The van der Waals surface area contributed by atoms with Crippen LogP contribution in [-0.2, 0) is 6.42 Å². The smallest absolute Gasteiger partial charge is 0.416 e. The van der Waals surface area contributed by atoms with E-state index in [-0.39, 0.29) is 12.6 Å². The van der Waals surface area contributed by atoms with Crippen molar-refractivity contribution in [3.8, 4) is 11.5 Å². The third-order valence-corrected chi connectivity index (χ3v) is 7.08. The molecule has 1 atom stereocenters. The minimum absolute atomic E-state index is 0.124. The van der Waals surface area contributed by atoms with Gasteiger partial charge in [-0.25, -0.2) is 4.79 Å². The van der Waals surface area contributed by atoms with Crippen LogP contribution in [0.25, 0.3) is 10.9 Å². The van der Waals surface area contributed by atoms with E-state index in [1.807, 2.05) is 42.5 Å². The zero-order chi connectivity index (χ0) is 26.5. The van der Waals surface area contributed by atoms with E-state index in [1.54, 1.807) is 29.2 Å². The number of hydrogen-bond donors (Lipinski definition) is 3. The first-order valence-electron chi connectivity index (χ1n) is 12.6. The summed E-state index contributed by atoms with van der Waals surface area (Å²) in [4.78, 5) is 18.7. The first kappa shape index (κ1) is 26.4. The van der Waals surface area contributed by atoms with Gasteiger partial charge in [-0.15, -0.1) is 0 Å². The lowest BCUT2D eigenvalue weighted by atomic mass is 9.92. The predicted molar refractivity (Wildman–Crippen MR) is 150 cm³/mol. The number of nitrogens with one attached hydrogen (secondary N) is 2. The van der Waals surface area contributed by atoms with Crippen LogP contribution in [0.1, 0.15) is 29.3 Å². The molecule has 0 saturated heterocycles. The van der Waals surface area contributed by atoms with Crippen LogP contribution >= 0.6 is 23.2 Å². The number of H-pyrrole nitrogens is 1. The van der Waals surface area contributed by atoms with E-state index in [2.05, 4.69) is 10.3 Å². The molecule has 7 nitrogen and oxygen atoms in total. The van der Waals surface area contributed by atoms with Gasteiger partial charge in [-0.05, 0) is 85.1 Å². The standard InChI is InChI=1S/C29H29Cl2N3O4/c30-20-4-9-23(10-5-20)38-29(36)34-15-12-24-25-18-21(31)6-11-26(25)33-27(24)28(34)19-2-7-22(8-3-19)37-17-1-13-32-14-16-35/h2-11,18,28,32-33,35H,1,12-17H2/t28-/m0/s1. The minimum Gasteiger partial charge on any atom is -0.494 e. The summed E-state index contributed by atoms with van der Waals surface area (Å²) in [5, 5.41) is 14.3. The first-order valence-corrected chi connectivity index (χ1v) is 13.4. The zero-order valence-electron chi connectivity index (χ0n) is 20.8. The molecule has 0 radical (unpaired) electrons. The summed E-state index contributed by atoms with van der Waals surface area (Å²) in [5.41, 5.74) is 4.02. The van der Waals surface area contributed by atoms with E-state index in [1.165, 1.54) is 0 Å². The number of benzene rings is 3. The normalized spacial score (nSPS) is 14.9. The number of amides is 1. The Morgan fingerprint density at radius 1 is 1.00 bits per heavy atom. The SMILES string of the molecule is O=C(Oc1ccc(Cl)cc1)N1CCc2c([nH]c3ccc(Cl)cc23)[C@@H]1c1ccc(OCCCNCCO)cc1. The summed E-state index contributed by atoms with van der Waals surface area (Å²) in [6.07, 6.45) is 1.07. The molecule has 3 aromatic carbocycles. The Morgan fingerprint density at radius 3 is 2.50 bits per heavy atom. The van der Waals surface area contributed by atoms with Crippen molar-refractivity contribution in [2.45, 2.75) is 18.9 Å². The molecule has 38 heavy (non-hydrogen) atoms. The van der Waals surface area contributed by atoms with Crippen molar-refractivity contribution in [3.05, 3.63) is 93.6 Å². The average molecular weight is 554 g/mol. The van der Waals surface area contributed by atoms with Crippen LogP contribution in [0, 0.1) is 0 Å². The molecule has 4 aromatic rings. The largest absolute Gasteiger partial charge is 0.494 e. The molecule has 1 aliphatic rings. The molecular formula is C29H29Cl2N3O4. The van der Waals surface area contributed by atoms with Crippen LogP contribution in [0.5, 0.6) is 11.5 Å². The lowest BCUT2D eigenvalue weighted by molar-refractivity contribution is 0.135. The van der Waals surface area contributed by atoms with Gasteiger partial charge in [0, 0.05) is 39.7 Å². The quantitative estimate of drug-likeness (QED) is 0.222. The number of fused-ring (bicyclic) bond motifs is 3. The highest BCUT2D eigenvalue weighted by atomic mass is 35.5. The lowest BCUT2D eigenvalue weighted by Crippen LogP contribution is -2.42.